The molecule has 0 atom stereocenters. The van der Waals surface area contributed by atoms with E-state index in [1.54, 1.807) is 22.7 Å². The summed E-state index contributed by atoms with van der Waals surface area (Å²) in [5.74, 6) is 0.518. The summed E-state index contributed by atoms with van der Waals surface area (Å²) in [6.07, 6.45) is 0.609. The number of pyridine rings is 1. The smallest absolute Gasteiger partial charge is 0.363 e. The number of halogens is 3. The molecule has 1 N–H and O–H groups in total. The molecule has 2 aromatic heterocycles. The van der Waals surface area contributed by atoms with Gasteiger partial charge in [0.1, 0.15) is 12.1 Å². The summed E-state index contributed by atoms with van der Waals surface area (Å²) in [6, 6.07) is 10.6. The number of imidazole rings is 1. The highest BCUT2D eigenvalue weighted by Gasteiger charge is 2.36. The third-order valence-electron chi connectivity index (χ3n) is 5.45. The van der Waals surface area contributed by atoms with E-state index in [0.29, 0.717) is 31.0 Å². The molecule has 0 spiro atoms. The Bertz CT molecular complexity index is 1030. The van der Waals surface area contributed by atoms with Crippen LogP contribution in [-0.4, -0.2) is 40.8 Å². The van der Waals surface area contributed by atoms with Crippen molar-refractivity contribution in [2.75, 3.05) is 40.4 Å². The average molecular weight is 436 g/mol. The number of hydrogen-bond donors (Lipinski definition) is 1. The lowest BCUT2D eigenvalue weighted by Gasteiger charge is -2.49. The number of rotatable bonds is 4. The summed E-state index contributed by atoms with van der Waals surface area (Å²) in [5.41, 5.74) is 1.66. The molecular formula is C21H24F3N5S. The molecule has 5 nitrogen and oxygen atoms in total. The molecule has 1 aliphatic heterocycles. The number of nitrogens with zero attached hydrogens (tertiary/aromatic N) is 4. The summed E-state index contributed by atoms with van der Waals surface area (Å²) in [4.78, 5) is 8.38. The molecule has 1 fully saturated rings. The fraction of sp³-hybridized carbons (Fsp3) is 0.381. The second kappa shape index (κ2) is 7.61. The molecule has 1 aromatic carbocycles. The molecule has 0 aliphatic carbocycles. The zero-order chi connectivity index (χ0) is 21.5. The van der Waals surface area contributed by atoms with Crippen molar-refractivity contribution < 1.29 is 13.2 Å². The number of alkyl halides is 3. The maximum Gasteiger partial charge on any atom is 0.416 e. The van der Waals surface area contributed by atoms with E-state index in [-0.39, 0.29) is 5.54 Å². The van der Waals surface area contributed by atoms with Crippen molar-refractivity contribution in [2.24, 2.45) is 0 Å². The highest BCUT2D eigenvalue weighted by molar-refractivity contribution is 7.99. The Balaban J connectivity index is 1.63. The molecule has 4 rings (SSSR count). The first-order valence-electron chi connectivity index (χ1n) is 9.64. The lowest BCUT2D eigenvalue weighted by Crippen LogP contribution is -2.60. The van der Waals surface area contributed by atoms with Crippen LogP contribution >= 0.6 is 11.9 Å². The van der Waals surface area contributed by atoms with Crippen molar-refractivity contribution in [3.05, 3.63) is 54.5 Å². The summed E-state index contributed by atoms with van der Waals surface area (Å²) >= 11 is 1.54. The number of fused-ring (bicyclic) bond motifs is 1. The van der Waals surface area contributed by atoms with Gasteiger partial charge in [0.05, 0.1) is 22.8 Å². The number of hydrogen-bond acceptors (Lipinski definition) is 5. The Labute approximate surface area is 178 Å². The zero-order valence-electron chi connectivity index (χ0n) is 17.1. The molecule has 160 valence electrons. The first-order chi connectivity index (χ1) is 14.2. The van der Waals surface area contributed by atoms with E-state index in [2.05, 4.69) is 40.6 Å². The van der Waals surface area contributed by atoms with Gasteiger partial charge in [0.2, 0.25) is 0 Å². The SMILES string of the molecule is CSNc1ccc(N2CCN(c3cc(C(F)(F)F)cc4cncn34)CC2(C)C)cc1. The second-order valence-corrected chi connectivity index (χ2v) is 8.64. The Morgan fingerprint density at radius 1 is 1.10 bits per heavy atom. The van der Waals surface area contributed by atoms with Crippen molar-refractivity contribution in [2.45, 2.75) is 25.6 Å². The van der Waals surface area contributed by atoms with E-state index in [1.807, 2.05) is 23.3 Å². The number of aromatic nitrogens is 2. The van der Waals surface area contributed by atoms with Crippen LogP contribution in [0.5, 0.6) is 0 Å². The second-order valence-electron chi connectivity index (χ2n) is 8.03. The molecule has 9 heteroatoms. The minimum absolute atomic E-state index is 0.270. The van der Waals surface area contributed by atoms with Gasteiger partial charge in [0.15, 0.2) is 0 Å². The number of benzene rings is 1. The molecule has 1 aliphatic rings. The summed E-state index contributed by atoms with van der Waals surface area (Å²) < 4.78 is 45.2. The lowest BCUT2D eigenvalue weighted by atomic mass is 9.97. The molecule has 3 aromatic rings. The normalized spacial score (nSPS) is 16.9. The maximum absolute atomic E-state index is 13.4. The van der Waals surface area contributed by atoms with Gasteiger partial charge in [0.25, 0.3) is 0 Å². The minimum Gasteiger partial charge on any atom is -0.363 e. The van der Waals surface area contributed by atoms with E-state index in [1.165, 1.54) is 12.3 Å². The quantitative estimate of drug-likeness (QED) is 0.574. The van der Waals surface area contributed by atoms with Gasteiger partial charge in [-0.05, 0) is 50.2 Å². The number of piperazine rings is 1. The summed E-state index contributed by atoms with van der Waals surface area (Å²) in [7, 11) is 0. The molecule has 30 heavy (non-hydrogen) atoms. The molecular weight excluding hydrogens is 411 g/mol. The van der Waals surface area contributed by atoms with Crippen molar-refractivity contribution >= 4 is 34.7 Å². The highest BCUT2D eigenvalue weighted by atomic mass is 32.2. The number of anilines is 3. The minimum atomic E-state index is -4.40. The standard InChI is InChI=1S/C21H24F3N5S/c1-20(2)13-27(8-9-29(20)17-6-4-16(5-7-17)26-30-3)19-11-15(21(22,23)24)10-18-12-25-14-28(18)19/h4-7,10-12,14,26H,8-9,13H2,1-3H3. The van der Waals surface area contributed by atoms with Gasteiger partial charge in [-0.25, -0.2) is 4.98 Å². The molecule has 0 unspecified atom stereocenters. The predicted molar refractivity (Wildman–Crippen MR) is 117 cm³/mol. The summed E-state index contributed by atoms with van der Waals surface area (Å²) in [6.45, 7) is 6.14. The van der Waals surface area contributed by atoms with E-state index < -0.39 is 11.7 Å². The van der Waals surface area contributed by atoms with Crippen LogP contribution in [0.2, 0.25) is 0 Å². The first kappa shape index (κ1) is 20.7. The van der Waals surface area contributed by atoms with Gasteiger partial charge in [-0.1, -0.05) is 11.9 Å². The van der Waals surface area contributed by atoms with Crippen molar-refractivity contribution in [3.8, 4) is 0 Å². The van der Waals surface area contributed by atoms with Crippen LogP contribution < -0.4 is 14.5 Å². The van der Waals surface area contributed by atoms with Gasteiger partial charge in [-0.2, -0.15) is 13.2 Å². The molecule has 3 heterocycles. The van der Waals surface area contributed by atoms with Gasteiger partial charge in [-0.3, -0.25) is 4.40 Å². The Kier molecular flexibility index (Phi) is 5.25. The van der Waals surface area contributed by atoms with E-state index >= 15 is 0 Å². The van der Waals surface area contributed by atoms with Gasteiger partial charge < -0.3 is 14.5 Å². The zero-order valence-corrected chi connectivity index (χ0v) is 17.9. The molecule has 1 saturated heterocycles. The maximum atomic E-state index is 13.4. The van der Waals surface area contributed by atoms with Gasteiger partial charge >= 0.3 is 6.18 Å². The lowest BCUT2D eigenvalue weighted by molar-refractivity contribution is -0.137. The van der Waals surface area contributed by atoms with E-state index in [0.717, 1.165) is 17.4 Å². The van der Waals surface area contributed by atoms with Crippen LogP contribution in [0.1, 0.15) is 19.4 Å². The average Bonchev–Trinajstić information content (AvgIpc) is 3.15. The van der Waals surface area contributed by atoms with Crippen molar-refractivity contribution in [3.63, 3.8) is 0 Å². The third kappa shape index (κ3) is 3.90. The van der Waals surface area contributed by atoms with Gasteiger partial charge in [0, 0.05) is 37.3 Å². The third-order valence-corrected chi connectivity index (χ3v) is 5.89. The predicted octanol–water partition coefficient (Wildman–Crippen LogP) is 5.15. The van der Waals surface area contributed by atoms with Crippen LogP contribution in [-0.2, 0) is 6.18 Å². The molecule has 0 bridgehead atoms. The Hall–Kier alpha value is -2.55. The summed E-state index contributed by atoms with van der Waals surface area (Å²) in [5, 5.41) is 0. The topological polar surface area (TPSA) is 35.8 Å². The van der Waals surface area contributed by atoms with Crippen LogP contribution in [0.4, 0.5) is 30.4 Å². The van der Waals surface area contributed by atoms with Crippen LogP contribution in [0.3, 0.4) is 0 Å². The van der Waals surface area contributed by atoms with Crippen molar-refractivity contribution in [1.29, 1.82) is 0 Å². The van der Waals surface area contributed by atoms with Crippen molar-refractivity contribution in [1.82, 2.24) is 9.38 Å². The monoisotopic (exact) mass is 435 g/mol. The fourth-order valence-electron chi connectivity index (χ4n) is 4.08. The van der Waals surface area contributed by atoms with Crippen LogP contribution in [0.15, 0.2) is 48.9 Å². The van der Waals surface area contributed by atoms with Crippen LogP contribution in [0.25, 0.3) is 5.52 Å². The Morgan fingerprint density at radius 2 is 1.83 bits per heavy atom. The van der Waals surface area contributed by atoms with Crippen LogP contribution in [0, 0.1) is 0 Å². The molecule has 0 amide bonds. The van der Waals surface area contributed by atoms with Gasteiger partial charge in [-0.15, -0.1) is 0 Å². The van der Waals surface area contributed by atoms with E-state index in [9.17, 15) is 13.2 Å². The molecule has 0 saturated carbocycles. The first-order valence-corrected chi connectivity index (χ1v) is 10.9. The Morgan fingerprint density at radius 3 is 2.47 bits per heavy atom. The number of nitrogens with one attached hydrogen (secondary N) is 1. The highest BCUT2D eigenvalue weighted by Crippen LogP contribution is 2.36. The molecule has 0 radical (unpaired) electrons. The van der Waals surface area contributed by atoms with E-state index in [4.69, 9.17) is 0 Å². The fourth-order valence-corrected chi connectivity index (χ4v) is 4.45. The largest absolute Gasteiger partial charge is 0.416 e.